The average Bonchev–Trinajstić information content (AvgIpc) is 2.40. The highest BCUT2D eigenvalue weighted by Gasteiger charge is 1.96. The first-order chi connectivity index (χ1) is 8.38. The van der Waals surface area contributed by atoms with Crippen LogP contribution in [0.25, 0.3) is 0 Å². The summed E-state index contributed by atoms with van der Waals surface area (Å²) in [6, 6.07) is 19.4. The molecule has 88 valence electrons. The Hall–Kier alpha value is -0.860. The zero-order chi connectivity index (χ0) is 11.9. The van der Waals surface area contributed by atoms with E-state index in [-0.39, 0.29) is 0 Å². The number of hydrogen-bond acceptors (Lipinski definition) is 2. The van der Waals surface area contributed by atoms with E-state index < -0.39 is 0 Å². The normalized spacial score (nSPS) is 10.4. The molecule has 2 heteroatoms. The first-order valence-electron chi connectivity index (χ1n) is 5.78. The van der Waals surface area contributed by atoms with Crippen molar-refractivity contribution in [2.75, 3.05) is 5.75 Å². The summed E-state index contributed by atoms with van der Waals surface area (Å²) < 4.78 is 0. The van der Waals surface area contributed by atoms with Crippen LogP contribution < -0.4 is 0 Å². The van der Waals surface area contributed by atoms with Crippen LogP contribution in [0.3, 0.4) is 0 Å². The van der Waals surface area contributed by atoms with Gasteiger partial charge in [-0.2, -0.15) is 0 Å². The molecule has 0 aliphatic heterocycles. The molecule has 0 heterocycles. The van der Waals surface area contributed by atoms with Crippen molar-refractivity contribution in [2.45, 2.75) is 22.5 Å². The zero-order valence-corrected chi connectivity index (χ0v) is 11.6. The molecule has 2 aromatic rings. The number of hydrogen-bond donors (Lipinski definition) is 0. The molecule has 0 atom stereocenters. The van der Waals surface area contributed by atoms with Crippen molar-refractivity contribution in [3.05, 3.63) is 60.2 Å². The lowest BCUT2D eigenvalue weighted by atomic mass is 10.2. The molecule has 0 bridgehead atoms. The highest BCUT2D eigenvalue weighted by molar-refractivity contribution is 7.99. The smallest absolute Gasteiger partial charge is 0.0232 e. The van der Waals surface area contributed by atoms with Crippen LogP contribution >= 0.6 is 23.5 Å². The SMILES string of the molecule is CCSc1ccc(CSc2ccccc2)cc1. The highest BCUT2D eigenvalue weighted by Crippen LogP contribution is 2.24. The topological polar surface area (TPSA) is 0 Å². The van der Waals surface area contributed by atoms with E-state index in [1.807, 2.05) is 23.5 Å². The molecule has 0 N–H and O–H groups in total. The van der Waals surface area contributed by atoms with Gasteiger partial charge in [-0.1, -0.05) is 37.3 Å². The molecule has 2 aromatic carbocycles. The van der Waals surface area contributed by atoms with Crippen molar-refractivity contribution < 1.29 is 0 Å². The Morgan fingerprint density at radius 2 is 1.41 bits per heavy atom. The first kappa shape index (κ1) is 12.6. The van der Waals surface area contributed by atoms with Gasteiger partial charge in [-0.25, -0.2) is 0 Å². The Kier molecular flexibility index (Phi) is 5.02. The van der Waals surface area contributed by atoms with Gasteiger partial charge in [0.1, 0.15) is 0 Å². The van der Waals surface area contributed by atoms with E-state index in [1.165, 1.54) is 15.4 Å². The second-order valence-corrected chi connectivity index (χ2v) is 6.06. The third-order valence-electron chi connectivity index (χ3n) is 2.38. The van der Waals surface area contributed by atoms with Crippen molar-refractivity contribution >= 4 is 23.5 Å². The zero-order valence-electron chi connectivity index (χ0n) is 9.93. The van der Waals surface area contributed by atoms with Crippen LogP contribution in [0, 0.1) is 0 Å². The summed E-state index contributed by atoms with van der Waals surface area (Å²) in [6.07, 6.45) is 0. The van der Waals surface area contributed by atoms with Gasteiger partial charge in [0.15, 0.2) is 0 Å². The predicted molar refractivity (Wildman–Crippen MR) is 78.8 cm³/mol. The molecule has 0 fully saturated rings. The molecule has 0 aliphatic rings. The number of thioether (sulfide) groups is 2. The van der Waals surface area contributed by atoms with Gasteiger partial charge >= 0.3 is 0 Å². The van der Waals surface area contributed by atoms with Crippen LogP contribution in [0.2, 0.25) is 0 Å². The molecule has 17 heavy (non-hydrogen) atoms. The standard InChI is InChI=1S/C15H16S2/c1-2-16-15-10-8-13(9-11-15)12-17-14-6-4-3-5-7-14/h3-11H,2,12H2,1H3. The Morgan fingerprint density at radius 3 is 2.06 bits per heavy atom. The van der Waals surface area contributed by atoms with E-state index in [0.29, 0.717) is 0 Å². The molecule has 0 nitrogen and oxygen atoms in total. The Bertz CT molecular complexity index is 434. The maximum Gasteiger partial charge on any atom is 0.0232 e. The fraction of sp³-hybridized carbons (Fsp3) is 0.200. The second-order valence-electron chi connectivity index (χ2n) is 3.68. The summed E-state index contributed by atoms with van der Waals surface area (Å²) in [6.45, 7) is 2.18. The quantitative estimate of drug-likeness (QED) is 0.687. The lowest BCUT2D eigenvalue weighted by Gasteiger charge is -2.03. The van der Waals surface area contributed by atoms with E-state index in [9.17, 15) is 0 Å². The second kappa shape index (κ2) is 6.77. The van der Waals surface area contributed by atoms with Crippen LogP contribution in [0.5, 0.6) is 0 Å². The molecular formula is C15H16S2. The van der Waals surface area contributed by atoms with Gasteiger partial charge < -0.3 is 0 Å². The summed E-state index contributed by atoms with van der Waals surface area (Å²) >= 11 is 3.78. The number of rotatable bonds is 5. The minimum atomic E-state index is 1.04. The molecule has 0 spiro atoms. The largest absolute Gasteiger partial charge is 0.126 e. The van der Waals surface area contributed by atoms with Crippen molar-refractivity contribution in [2.24, 2.45) is 0 Å². The maximum atomic E-state index is 2.23. The summed E-state index contributed by atoms with van der Waals surface area (Å²) in [7, 11) is 0. The molecule has 0 unspecified atom stereocenters. The molecule has 0 amide bonds. The van der Waals surface area contributed by atoms with Gasteiger partial charge in [0.05, 0.1) is 0 Å². The summed E-state index contributed by atoms with van der Waals surface area (Å²) in [5, 5.41) is 0. The lowest BCUT2D eigenvalue weighted by molar-refractivity contribution is 1.33. The van der Waals surface area contributed by atoms with Crippen LogP contribution in [0.4, 0.5) is 0 Å². The number of benzene rings is 2. The molecule has 0 saturated carbocycles. The van der Waals surface area contributed by atoms with Crippen molar-refractivity contribution in [3.8, 4) is 0 Å². The van der Waals surface area contributed by atoms with Gasteiger partial charge in [-0.15, -0.1) is 23.5 Å². The minimum Gasteiger partial charge on any atom is -0.126 e. The maximum absolute atomic E-state index is 2.23. The Labute approximate surface area is 112 Å². The minimum absolute atomic E-state index is 1.04. The van der Waals surface area contributed by atoms with E-state index in [1.54, 1.807) is 0 Å². The van der Waals surface area contributed by atoms with E-state index in [2.05, 4.69) is 61.5 Å². The summed E-state index contributed by atoms with van der Waals surface area (Å²) in [4.78, 5) is 2.69. The Balaban J connectivity index is 1.91. The van der Waals surface area contributed by atoms with E-state index >= 15 is 0 Å². The molecule has 0 aromatic heterocycles. The van der Waals surface area contributed by atoms with Crippen molar-refractivity contribution in [1.82, 2.24) is 0 Å². The fourth-order valence-electron chi connectivity index (χ4n) is 1.53. The predicted octanol–water partition coefficient (Wildman–Crippen LogP) is 5.09. The molecular weight excluding hydrogens is 244 g/mol. The monoisotopic (exact) mass is 260 g/mol. The van der Waals surface area contributed by atoms with E-state index in [0.717, 1.165) is 11.5 Å². The van der Waals surface area contributed by atoms with E-state index in [4.69, 9.17) is 0 Å². The van der Waals surface area contributed by atoms with Crippen LogP contribution in [0.1, 0.15) is 12.5 Å². The molecule has 0 aliphatic carbocycles. The van der Waals surface area contributed by atoms with Gasteiger partial charge in [-0.3, -0.25) is 0 Å². The third-order valence-corrected chi connectivity index (χ3v) is 4.36. The fourth-order valence-corrected chi connectivity index (χ4v) is 3.07. The van der Waals surface area contributed by atoms with Gasteiger partial charge in [0, 0.05) is 15.5 Å². The average molecular weight is 260 g/mol. The van der Waals surface area contributed by atoms with Crippen molar-refractivity contribution in [1.29, 1.82) is 0 Å². The lowest BCUT2D eigenvalue weighted by Crippen LogP contribution is -1.81. The van der Waals surface area contributed by atoms with Gasteiger partial charge in [-0.05, 0) is 35.6 Å². The van der Waals surface area contributed by atoms with Gasteiger partial charge in [0.2, 0.25) is 0 Å². The highest BCUT2D eigenvalue weighted by atomic mass is 32.2. The summed E-state index contributed by atoms with van der Waals surface area (Å²) in [5.41, 5.74) is 1.39. The van der Waals surface area contributed by atoms with Gasteiger partial charge in [0.25, 0.3) is 0 Å². The van der Waals surface area contributed by atoms with Crippen LogP contribution in [0.15, 0.2) is 64.4 Å². The summed E-state index contributed by atoms with van der Waals surface area (Å²) in [5.74, 6) is 2.18. The first-order valence-corrected chi connectivity index (χ1v) is 7.75. The molecule has 2 rings (SSSR count). The van der Waals surface area contributed by atoms with Crippen LogP contribution in [-0.4, -0.2) is 5.75 Å². The molecule has 0 saturated heterocycles. The third kappa shape index (κ3) is 4.14. The van der Waals surface area contributed by atoms with Crippen LogP contribution in [-0.2, 0) is 5.75 Å². The van der Waals surface area contributed by atoms with Crippen molar-refractivity contribution in [3.63, 3.8) is 0 Å². The Morgan fingerprint density at radius 1 is 0.765 bits per heavy atom. The molecule has 0 radical (unpaired) electrons.